The van der Waals surface area contributed by atoms with Crippen LogP contribution in [0, 0.1) is 0 Å². The van der Waals surface area contributed by atoms with Gasteiger partial charge in [-0.1, -0.05) is 58.8 Å². The van der Waals surface area contributed by atoms with Gasteiger partial charge in [-0.2, -0.15) is 0 Å². The molecule has 3 heterocycles. The van der Waals surface area contributed by atoms with Crippen molar-refractivity contribution in [1.82, 2.24) is 4.57 Å². The number of carboxylic acid groups (broad SMARTS) is 1. The van der Waals surface area contributed by atoms with Crippen molar-refractivity contribution in [3.8, 4) is 17.1 Å². The first-order chi connectivity index (χ1) is 20.3. The lowest BCUT2D eigenvalue weighted by Crippen LogP contribution is -2.40. The molecule has 2 aromatic carbocycles. The molecule has 42 heavy (non-hydrogen) atoms. The Morgan fingerprint density at radius 1 is 1.17 bits per heavy atom. The summed E-state index contributed by atoms with van der Waals surface area (Å²) in [6.45, 7) is 3.89. The average Bonchev–Trinajstić information content (AvgIpc) is 3.56. The molecule has 216 valence electrons. The number of rotatable bonds is 9. The predicted octanol–water partition coefficient (Wildman–Crippen LogP) is 5.31. The Kier molecular flexibility index (Phi) is 8.60. The van der Waals surface area contributed by atoms with Crippen LogP contribution in [-0.4, -0.2) is 35.3 Å². The van der Waals surface area contributed by atoms with E-state index in [1.165, 1.54) is 29.1 Å². The van der Waals surface area contributed by atoms with Crippen LogP contribution in [0.4, 0.5) is 0 Å². The largest absolute Gasteiger partial charge is 0.496 e. The van der Waals surface area contributed by atoms with Crippen molar-refractivity contribution in [2.24, 2.45) is 4.99 Å². The summed E-state index contributed by atoms with van der Waals surface area (Å²) in [5, 5.41) is 9.57. The van der Waals surface area contributed by atoms with Gasteiger partial charge in [0.05, 0.1) is 35.1 Å². The molecule has 1 aliphatic heterocycles. The van der Waals surface area contributed by atoms with E-state index in [1.54, 1.807) is 49.4 Å². The van der Waals surface area contributed by atoms with Crippen molar-refractivity contribution in [1.29, 1.82) is 0 Å². The maximum Gasteiger partial charge on any atom is 0.338 e. The summed E-state index contributed by atoms with van der Waals surface area (Å²) in [6.07, 6.45) is 2.84. The molecule has 1 atom stereocenters. The number of hydrogen-bond donors (Lipinski definition) is 1. The van der Waals surface area contributed by atoms with Gasteiger partial charge in [0.25, 0.3) is 5.56 Å². The molecule has 0 saturated carbocycles. The Morgan fingerprint density at radius 3 is 2.67 bits per heavy atom. The van der Waals surface area contributed by atoms with Gasteiger partial charge >= 0.3 is 11.9 Å². The van der Waals surface area contributed by atoms with E-state index in [9.17, 15) is 19.5 Å². The normalized spacial score (nSPS) is 14.9. The third-order valence-electron chi connectivity index (χ3n) is 6.70. The number of esters is 1. The van der Waals surface area contributed by atoms with Crippen LogP contribution in [0.2, 0.25) is 0 Å². The summed E-state index contributed by atoms with van der Waals surface area (Å²) in [5.41, 5.74) is 1.62. The number of allylic oxidation sites excluding steroid dienone is 1. The van der Waals surface area contributed by atoms with Gasteiger partial charge in [0, 0.05) is 21.7 Å². The van der Waals surface area contributed by atoms with Crippen LogP contribution < -0.4 is 19.6 Å². The standard InChI is InChI=1S/C31H27BrN2O7S/c1-4-8-22-26(30(38)40-5-2)27(21-15-17(32)11-13-23(21)39-3)34-28(35)25(42-31(34)33-22)16-18-12-14-24(41-18)19-9-6-7-10-20(19)29(36)37/h6-7,9-16,27H,4-5,8H2,1-3H3,(H,36,37)/b25-16+/t27-/m1/s1. The maximum absolute atomic E-state index is 14.0. The number of carboxylic acids is 1. The van der Waals surface area contributed by atoms with Gasteiger partial charge in [-0.05, 0) is 49.7 Å². The van der Waals surface area contributed by atoms with Crippen LogP contribution in [0.5, 0.6) is 5.75 Å². The average molecular weight is 652 g/mol. The van der Waals surface area contributed by atoms with Gasteiger partial charge in [-0.25, -0.2) is 14.6 Å². The fourth-order valence-electron chi connectivity index (χ4n) is 4.92. The van der Waals surface area contributed by atoms with E-state index < -0.39 is 18.0 Å². The van der Waals surface area contributed by atoms with Crippen molar-refractivity contribution in [2.75, 3.05) is 13.7 Å². The lowest BCUT2D eigenvalue weighted by molar-refractivity contribution is -0.139. The molecule has 1 aliphatic rings. The molecule has 1 N–H and O–H groups in total. The number of benzene rings is 2. The highest BCUT2D eigenvalue weighted by Gasteiger charge is 2.36. The smallest absolute Gasteiger partial charge is 0.338 e. The quantitative estimate of drug-likeness (QED) is 0.244. The number of furan rings is 1. The van der Waals surface area contributed by atoms with Crippen LogP contribution >= 0.6 is 27.3 Å². The molecule has 0 spiro atoms. The summed E-state index contributed by atoms with van der Waals surface area (Å²) in [6, 6.07) is 14.5. The molecule has 0 radical (unpaired) electrons. The van der Waals surface area contributed by atoms with Gasteiger partial charge in [0.1, 0.15) is 23.3 Å². The zero-order chi connectivity index (χ0) is 30.0. The van der Waals surface area contributed by atoms with E-state index >= 15 is 0 Å². The molecule has 0 unspecified atom stereocenters. The summed E-state index contributed by atoms with van der Waals surface area (Å²) in [7, 11) is 1.54. The van der Waals surface area contributed by atoms with Crippen LogP contribution in [0.25, 0.3) is 17.4 Å². The molecular weight excluding hydrogens is 624 g/mol. The van der Waals surface area contributed by atoms with Crippen LogP contribution in [0.1, 0.15) is 54.4 Å². The fourth-order valence-corrected chi connectivity index (χ4v) is 6.30. The Balaban J connectivity index is 1.71. The highest BCUT2D eigenvalue weighted by atomic mass is 79.9. The maximum atomic E-state index is 14.0. The monoisotopic (exact) mass is 650 g/mol. The van der Waals surface area contributed by atoms with E-state index in [4.69, 9.17) is 18.9 Å². The molecule has 4 aromatic rings. The number of methoxy groups -OCH3 is 1. The minimum atomic E-state index is -1.07. The number of nitrogens with zero attached hydrogens (tertiary/aromatic N) is 2. The fraction of sp³-hybridized carbons (Fsp3) is 0.226. The van der Waals surface area contributed by atoms with E-state index in [0.29, 0.717) is 55.4 Å². The number of aromatic carboxylic acids is 1. The molecular formula is C31H27BrN2O7S. The van der Waals surface area contributed by atoms with Crippen molar-refractivity contribution in [2.45, 2.75) is 32.7 Å². The van der Waals surface area contributed by atoms with Crippen molar-refractivity contribution < 1.29 is 28.6 Å². The molecule has 0 bridgehead atoms. The van der Waals surface area contributed by atoms with Gasteiger partial charge in [-0.3, -0.25) is 9.36 Å². The topological polar surface area (TPSA) is 120 Å². The van der Waals surface area contributed by atoms with Crippen LogP contribution in [0.3, 0.4) is 0 Å². The highest BCUT2D eigenvalue weighted by Crippen LogP contribution is 2.38. The summed E-state index contributed by atoms with van der Waals surface area (Å²) in [4.78, 5) is 44.3. The molecule has 2 aromatic heterocycles. The van der Waals surface area contributed by atoms with E-state index in [0.717, 1.165) is 10.9 Å². The first kappa shape index (κ1) is 29.3. The number of carbonyl (C=O) groups excluding carboxylic acids is 1. The molecule has 9 nitrogen and oxygen atoms in total. The lowest BCUT2D eigenvalue weighted by Gasteiger charge is -2.27. The number of fused-ring (bicyclic) bond motifs is 1. The van der Waals surface area contributed by atoms with Gasteiger partial charge in [0.15, 0.2) is 4.80 Å². The molecule has 0 amide bonds. The Morgan fingerprint density at radius 2 is 1.95 bits per heavy atom. The highest BCUT2D eigenvalue weighted by molar-refractivity contribution is 9.10. The third-order valence-corrected chi connectivity index (χ3v) is 8.18. The second-order valence-electron chi connectivity index (χ2n) is 9.35. The summed E-state index contributed by atoms with van der Waals surface area (Å²) >= 11 is 4.70. The van der Waals surface area contributed by atoms with Gasteiger partial charge in [-0.15, -0.1) is 0 Å². The Labute approximate surface area is 253 Å². The molecule has 0 aliphatic carbocycles. The van der Waals surface area contributed by atoms with E-state index in [2.05, 4.69) is 15.9 Å². The van der Waals surface area contributed by atoms with Crippen molar-refractivity contribution >= 4 is 45.3 Å². The first-order valence-electron chi connectivity index (χ1n) is 13.2. The Hall–Kier alpha value is -4.22. The van der Waals surface area contributed by atoms with E-state index in [-0.39, 0.29) is 17.7 Å². The number of thiazole rings is 1. The summed E-state index contributed by atoms with van der Waals surface area (Å²) in [5.74, 6) is -0.381. The second-order valence-corrected chi connectivity index (χ2v) is 11.3. The SMILES string of the molecule is CCCC1=C(C(=O)OCC)[C@@H](c2cc(Br)ccc2OC)n2c(s/c(=C/c3ccc(-c4ccccc4C(=O)O)o3)c2=O)=N1. The second kappa shape index (κ2) is 12.3. The molecule has 0 fully saturated rings. The van der Waals surface area contributed by atoms with Crippen LogP contribution in [0.15, 0.2) is 84.5 Å². The Bertz CT molecular complexity index is 1900. The molecule has 0 saturated heterocycles. The number of ether oxygens (including phenoxy) is 2. The third kappa shape index (κ3) is 5.49. The van der Waals surface area contributed by atoms with Gasteiger partial charge in [0.2, 0.25) is 0 Å². The number of hydrogen-bond acceptors (Lipinski definition) is 8. The molecule has 5 rings (SSSR count). The van der Waals surface area contributed by atoms with Gasteiger partial charge < -0.3 is 19.0 Å². The minimum Gasteiger partial charge on any atom is -0.496 e. The number of carbonyl (C=O) groups is 2. The van der Waals surface area contributed by atoms with Crippen molar-refractivity contribution in [3.05, 3.63) is 107 Å². The predicted molar refractivity (Wildman–Crippen MR) is 161 cm³/mol. The first-order valence-corrected chi connectivity index (χ1v) is 14.9. The zero-order valence-corrected chi connectivity index (χ0v) is 25.5. The van der Waals surface area contributed by atoms with Crippen LogP contribution in [-0.2, 0) is 9.53 Å². The molecule has 11 heteroatoms. The summed E-state index contributed by atoms with van der Waals surface area (Å²) < 4.78 is 19.7. The zero-order valence-electron chi connectivity index (χ0n) is 23.0. The minimum absolute atomic E-state index is 0.107. The lowest BCUT2D eigenvalue weighted by atomic mass is 9.93. The number of aromatic nitrogens is 1. The van der Waals surface area contributed by atoms with Crippen molar-refractivity contribution in [3.63, 3.8) is 0 Å². The number of halogens is 1. The van der Waals surface area contributed by atoms with E-state index in [1.807, 2.05) is 19.1 Å².